The first-order valence-corrected chi connectivity index (χ1v) is 5.52. The second kappa shape index (κ2) is 5.18. The Kier molecular flexibility index (Phi) is 4.18. The van der Waals surface area contributed by atoms with Crippen molar-refractivity contribution in [1.82, 2.24) is 0 Å². The van der Waals surface area contributed by atoms with Crippen LogP contribution in [0.1, 0.15) is 45.4 Å². The van der Waals surface area contributed by atoms with Crippen molar-refractivity contribution < 1.29 is 9.90 Å². The molecule has 0 amide bonds. The molecule has 2 heteroatoms. The maximum absolute atomic E-state index is 10.6. The highest BCUT2D eigenvalue weighted by Crippen LogP contribution is 2.32. The number of aliphatic carboxylic acids is 1. The summed E-state index contributed by atoms with van der Waals surface area (Å²) in [7, 11) is 0. The molecule has 0 radical (unpaired) electrons. The second-order valence-corrected chi connectivity index (χ2v) is 4.49. The topological polar surface area (TPSA) is 37.3 Å². The predicted molar refractivity (Wildman–Crippen MR) is 57.1 cm³/mol. The zero-order chi connectivity index (χ0) is 10.6. The third kappa shape index (κ3) is 3.17. The van der Waals surface area contributed by atoms with Crippen molar-refractivity contribution in [1.29, 1.82) is 0 Å². The van der Waals surface area contributed by atoms with Gasteiger partial charge in [0.2, 0.25) is 0 Å². The van der Waals surface area contributed by atoms with Gasteiger partial charge in [-0.05, 0) is 18.3 Å². The van der Waals surface area contributed by atoms with Crippen molar-refractivity contribution >= 4 is 5.97 Å². The van der Waals surface area contributed by atoms with E-state index in [0.717, 1.165) is 5.92 Å². The van der Waals surface area contributed by atoms with Crippen LogP contribution >= 0.6 is 0 Å². The first kappa shape index (κ1) is 11.3. The lowest BCUT2D eigenvalue weighted by Gasteiger charge is -2.27. The monoisotopic (exact) mass is 196 g/mol. The number of rotatable bonds is 4. The van der Waals surface area contributed by atoms with Gasteiger partial charge in [-0.1, -0.05) is 45.6 Å². The molecule has 0 bridgehead atoms. The van der Waals surface area contributed by atoms with Crippen LogP contribution < -0.4 is 0 Å². The van der Waals surface area contributed by atoms with Gasteiger partial charge in [0.05, 0.1) is 0 Å². The molecule has 1 N–H and O–H groups in total. The quantitative estimate of drug-likeness (QED) is 0.701. The first-order chi connectivity index (χ1) is 6.61. The van der Waals surface area contributed by atoms with Crippen LogP contribution in [0.15, 0.2) is 12.2 Å². The summed E-state index contributed by atoms with van der Waals surface area (Å²) < 4.78 is 0. The molecular weight excluding hydrogens is 176 g/mol. The molecular formula is C12H20O2. The van der Waals surface area contributed by atoms with Crippen LogP contribution in [0.5, 0.6) is 0 Å². The van der Waals surface area contributed by atoms with Crippen molar-refractivity contribution in [3.05, 3.63) is 12.2 Å². The molecule has 0 aromatic carbocycles. The second-order valence-electron chi connectivity index (χ2n) is 4.49. The summed E-state index contributed by atoms with van der Waals surface area (Å²) in [6.45, 7) is 5.75. The van der Waals surface area contributed by atoms with Crippen LogP contribution in [-0.2, 0) is 4.79 Å². The van der Waals surface area contributed by atoms with Crippen LogP contribution in [-0.4, -0.2) is 11.1 Å². The maximum Gasteiger partial charge on any atom is 0.330 e. The van der Waals surface area contributed by atoms with E-state index < -0.39 is 5.97 Å². The molecule has 1 unspecified atom stereocenters. The molecule has 0 saturated heterocycles. The van der Waals surface area contributed by atoms with Crippen LogP contribution in [0.4, 0.5) is 0 Å². The standard InChI is InChI=1S/C12H20O2/c1-9(8-10(2)12(13)14)11-6-4-3-5-7-11/h9,11H,2-8H2,1H3,(H,13,14). The molecule has 1 atom stereocenters. The van der Waals surface area contributed by atoms with Crippen LogP contribution in [0.25, 0.3) is 0 Å². The van der Waals surface area contributed by atoms with Crippen molar-refractivity contribution in [3.8, 4) is 0 Å². The molecule has 0 aliphatic heterocycles. The number of hydrogen-bond donors (Lipinski definition) is 1. The largest absolute Gasteiger partial charge is 0.478 e. The van der Waals surface area contributed by atoms with Crippen molar-refractivity contribution in [2.24, 2.45) is 11.8 Å². The Labute approximate surface area is 86.0 Å². The van der Waals surface area contributed by atoms with E-state index in [0.29, 0.717) is 17.9 Å². The fourth-order valence-electron chi connectivity index (χ4n) is 2.35. The van der Waals surface area contributed by atoms with Crippen molar-refractivity contribution in [2.45, 2.75) is 45.4 Å². The summed E-state index contributed by atoms with van der Waals surface area (Å²) in [6.07, 6.45) is 7.17. The number of hydrogen-bond acceptors (Lipinski definition) is 1. The molecule has 0 aromatic heterocycles. The highest BCUT2D eigenvalue weighted by Gasteiger charge is 2.21. The molecule has 1 rings (SSSR count). The van der Waals surface area contributed by atoms with Crippen LogP contribution in [0.2, 0.25) is 0 Å². The summed E-state index contributed by atoms with van der Waals surface area (Å²) in [5, 5.41) is 8.73. The van der Waals surface area contributed by atoms with Gasteiger partial charge in [-0.25, -0.2) is 4.79 Å². The Hall–Kier alpha value is -0.790. The van der Waals surface area contributed by atoms with E-state index in [1.165, 1.54) is 32.1 Å². The van der Waals surface area contributed by atoms with Gasteiger partial charge in [0.1, 0.15) is 0 Å². The van der Waals surface area contributed by atoms with Gasteiger partial charge in [-0.15, -0.1) is 0 Å². The average molecular weight is 196 g/mol. The molecule has 2 nitrogen and oxygen atoms in total. The third-order valence-corrected chi connectivity index (χ3v) is 3.33. The van der Waals surface area contributed by atoms with E-state index >= 15 is 0 Å². The van der Waals surface area contributed by atoms with Gasteiger partial charge in [0.15, 0.2) is 0 Å². The lowest BCUT2D eigenvalue weighted by molar-refractivity contribution is -0.132. The molecule has 0 aromatic rings. The van der Waals surface area contributed by atoms with Gasteiger partial charge >= 0.3 is 5.97 Å². The summed E-state index contributed by atoms with van der Waals surface area (Å²) in [5.74, 6) is 0.367. The van der Waals surface area contributed by atoms with Crippen molar-refractivity contribution in [3.63, 3.8) is 0 Å². The van der Waals surface area contributed by atoms with Gasteiger partial charge < -0.3 is 5.11 Å². The van der Waals surface area contributed by atoms with E-state index in [1.807, 2.05) is 0 Å². The highest BCUT2D eigenvalue weighted by atomic mass is 16.4. The molecule has 80 valence electrons. The van der Waals surface area contributed by atoms with Gasteiger partial charge in [0.25, 0.3) is 0 Å². The summed E-state index contributed by atoms with van der Waals surface area (Å²) in [4.78, 5) is 10.6. The van der Waals surface area contributed by atoms with E-state index in [9.17, 15) is 4.79 Å². The summed E-state index contributed by atoms with van der Waals surface area (Å²) in [6, 6.07) is 0. The fraction of sp³-hybridized carbons (Fsp3) is 0.750. The van der Waals surface area contributed by atoms with Gasteiger partial charge in [-0.3, -0.25) is 0 Å². The highest BCUT2D eigenvalue weighted by molar-refractivity contribution is 5.85. The summed E-state index contributed by atoms with van der Waals surface area (Å²) in [5.41, 5.74) is 0.364. The molecule has 0 heterocycles. The minimum atomic E-state index is -0.840. The molecule has 0 spiro atoms. The zero-order valence-corrected chi connectivity index (χ0v) is 8.96. The number of carbonyl (C=O) groups is 1. The predicted octanol–water partition coefficient (Wildman–Crippen LogP) is 3.23. The Bertz CT molecular complexity index is 214. The lowest BCUT2D eigenvalue weighted by atomic mass is 9.78. The van der Waals surface area contributed by atoms with E-state index in [4.69, 9.17) is 5.11 Å². The molecule has 1 fully saturated rings. The third-order valence-electron chi connectivity index (χ3n) is 3.33. The maximum atomic E-state index is 10.6. The Morgan fingerprint density at radius 1 is 1.43 bits per heavy atom. The van der Waals surface area contributed by atoms with Gasteiger partial charge in [-0.2, -0.15) is 0 Å². The Balaban J connectivity index is 2.36. The van der Waals surface area contributed by atoms with E-state index in [1.54, 1.807) is 0 Å². The molecule has 14 heavy (non-hydrogen) atoms. The lowest BCUT2D eigenvalue weighted by Crippen LogP contribution is -2.17. The SMILES string of the molecule is C=C(CC(C)C1CCCCC1)C(=O)O. The van der Waals surface area contributed by atoms with Crippen molar-refractivity contribution in [2.75, 3.05) is 0 Å². The van der Waals surface area contributed by atoms with Gasteiger partial charge in [0, 0.05) is 5.57 Å². The smallest absolute Gasteiger partial charge is 0.330 e. The van der Waals surface area contributed by atoms with Crippen LogP contribution in [0.3, 0.4) is 0 Å². The Morgan fingerprint density at radius 2 is 2.00 bits per heavy atom. The molecule has 1 aliphatic rings. The molecule has 1 aliphatic carbocycles. The van der Waals surface area contributed by atoms with Crippen LogP contribution in [0, 0.1) is 11.8 Å². The Morgan fingerprint density at radius 3 is 2.50 bits per heavy atom. The van der Waals surface area contributed by atoms with E-state index in [2.05, 4.69) is 13.5 Å². The average Bonchev–Trinajstić information content (AvgIpc) is 2.19. The number of carboxylic acid groups (broad SMARTS) is 1. The minimum absolute atomic E-state index is 0.364. The summed E-state index contributed by atoms with van der Waals surface area (Å²) >= 11 is 0. The normalized spacial score (nSPS) is 20.4. The molecule has 1 saturated carbocycles. The zero-order valence-electron chi connectivity index (χ0n) is 8.96. The first-order valence-electron chi connectivity index (χ1n) is 5.52. The minimum Gasteiger partial charge on any atom is -0.478 e. The fourth-order valence-corrected chi connectivity index (χ4v) is 2.35. The number of carboxylic acids is 1. The van der Waals surface area contributed by atoms with E-state index in [-0.39, 0.29) is 0 Å².